The van der Waals surface area contributed by atoms with Crippen LogP contribution in [0.5, 0.6) is 0 Å². The van der Waals surface area contributed by atoms with E-state index in [0.29, 0.717) is 6.54 Å². The van der Waals surface area contributed by atoms with Crippen LogP contribution in [0.2, 0.25) is 0 Å². The molecule has 5 nitrogen and oxygen atoms in total. The van der Waals surface area contributed by atoms with E-state index < -0.39 is 0 Å². The topological polar surface area (TPSA) is 75.4 Å². The van der Waals surface area contributed by atoms with Gasteiger partial charge in [-0.15, -0.1) is 0 Å². The first-order valence-corrected chi connectivity index (χ1v) is 7.05. The standard InChI is InChI=1S/C16H25N3O2/c1-16(2,3)18-14(20)11-19(4)15(21)9-12-7-5-6-8-13(12)10-17/h5-8H,9-11,17H2,1-4H3,(H,18,20). The lowest BCUT2D eigenvalue weighted by Gasteiger charge is -2.23. The van der Waals surface area contributed by atoms with Crippen molar-refractivity contribution in [2.24, 2.45) is 5.73 Å². The first-order valence-electron chi connectivity index (χ1n) is 7.05. The molecule has 3 N–H and O–H groups in total. The quantitative estimate of drug-likeness (QED) is 0.852. The Labute approximate surface area is 126 Å². The van der Waals surface area contributed by atoms with Gasteiger partial charge in [-0.1, -0.05) is 24.3 Å². The molecule has 0 aliphatic rings. The summed E-state index contributed by atoms with van der Waals surface area (Å²) in [6.45, 7) is 6.18. The fourth-order valence-electron chi connectivity index (χ4n) is 1.99. The fourth-order valence-corrected chi connectivity index (χ4v) is 1.99. The van der Waals surface area contributed by atoms with E-state index in [1.807, 2.05) is 45.0 Å². The molecule has 21 heavy (non-hydrogen) atoms. The number of hydrogen-bond donors (Lipinski definition) is 2. The molecule has 0 saturated heterocycles. The Morgan fingerprint density at radius 1 is 1.19 bits per heavy atom. The predicted molar refractivity (Wildman–Crippen MR) is 83.6 cm³/mol. The fraction of sp³-hybridized carbons (Fsp3) is 0.500. The molecule has 0 radical (unpaired) electrons. The second kappa shape index (κ2) is 7.22. The molecule has 1 rings (SSSR count). The van der Waals surface area contributed by atoms with Crippen LogP contribution in [0, 0.1) is 0 Å². The van der Waals surface area contributed by atoms with Crippen LogP contribution in [-0.2, 0) is 22.6 Å². The van der Waals surface area contributed by atoms with Gasteiger partial charge in [0.15, 0.2) is 0 Å². The maximum Gasteiger partial charge on any atom is 0.240 e. The SMILES string of the molecule is CN(CC(=O)NC(C)(C)C)C(=O)Cc1ccccc1CN. The summed E-state index contributed by atoms with van der Waals surface area (Å²) >= 11 is 0. The van der Waals surface area contributed by atoms with Gasteiger partial charge in [0.25, 0.3) is 0 Å². The van der Waals surface area contributed by atoms with E-state index in [9.17, 15) is 9.59 Å². The highest BCUT2D eigenvalue weighted by Crippen LogP contribution is 2.10. The Morgan fingerprint density at radius 2 is 1.76 bits per heavy atom. The van der Waals surface area contributed by atoms with E-state index >= 15 is 0 Å². The first-order chi connectivity index (χ1) is 9.73. The molecule has 5 heteroatoms. The lowest BCUT2D eigenvalue weighted by molar-refractivity contribution is -0.134. The lowest BCUT2D eigenvalue weighted by atomic mass is 10.0. The van der Waals surface area contributed by atoms with Crippen LogP contribution in [0.4, 0.5) is 0 Å². The Kier molecular flexibility index (Phi) is 5.90. The monoisotopic (exact) mass is 291 g/mol. The van der Waals surface area contributed by atoms with E-state index in [1.54, 1.807) is 7.05 Å². The third kappa shape index (κ3) is 5.95. The molecule has 0 aliphatic heterocycles. The molecule has 0 aromatic heterocycles. The number of nitrogens with two attached hydrogens (primary N) is 1. The van der Waals surface area contributed by atoms with Crippen LogP contribution in [0.15, 0.2) is 24.3 Å². The summed E-state index contributed by atoms with van der Waals surface area (Å²) in [5, 5.41) is 2.84. The van der Waals surface area contributed by atoms with Gasteiger partial charge in [0.1, 0.15) is 0 Å². The van der Waals surface area contributed by atoms with Crippen LogP contribution < -0.4 is 11.1 Å². The molecule has 0 unspecified atom stereocenters. The molecule has 0 saturated carbocycles. The third-order valence-corrected chi connectivity index (χ3v) is 3.00. The van der Waals surface area contributed by atoms with Gasteiger partial charge in [0.2, 0.25) is 11.8 Å². The van der Waals surface area contributed by atoms with Gasteiger partial charge >= 0.3 is 0 Å². The molecule has 0 bridgehead atoms. The summed E-state index contributed by atoms with van der Waals surface area (Å²) in [6, 6.07) is 7.59. The number of carbonyl (C=O) groups is 2. The van der Waals surface area contributed by atoms with E-state index in [0.717, 1.165) is 11.1 Å². The van der Waals surface area contributed by atoms with Crippen LogP contribution in [0.3, 0.4) is 0 Å². The van der Waals surface area contributed by atoms with Gasteiger partial charge in [-0.3, -0.25) is 9.59 Å². The average molecular weight is 291 g/mol. The predicted octanol–water partition coefficient (Wildman–Crippen LogP) is 1.06. The molecule has 1 aromatic carbocycles. The largest absolute Gasteiger partial charge is 0.350 e. The van der Waals surface area contributed by atoms with Gasteiger partial charge in [0.05, 0.1) is 13.0 Å². The lowest BCUT2D eigenvalue weighted by Crippen LogP contribution is -2.46. The molecule has 0 fully saturated rings. The minimum atomic E-state index is -0.298. The van der Waals surface area contributed by atoms with Crippen molar-refractivity contribution in [3.63, 3.8) is 0 Å². The summed E-state index contributed by atoms with van der Waals surface area (Å²) < 4.78 is 0. The number of nitrogens with zero attached hydrogens (tertiary/aromatic N) is 1. The zero-order valence-electron chi connectivity index (χ0n) is 13.3. The first kappa shape index (κ1) is 17.2. The van der Waals surface area contributed by atoms with Crippen molar-refractivity contribution in [2.45, 2.75) is 39.3 Å². The second-order valence-electron chi connectivity index (χ2n) is 6.20. The van der Waals surface area contributed by atoms with E-state index in [1.165, 1.54) is 4.90 Å². The normalized spacial score (nSPS) is 11.1. The highest BCUT2D eigenvalue weighted by molar-refractivity contribution is 5.86. The summed E-state index contributed by atoms with van der Waals surface area (Å²) in [6.07, 6.45) is 0.257. The zero-order chi connectivity index (χ0) is 16.0. The number of benzene rings is 1. The van der Waals surface area contributed by atoms with Gasteiger partial charge in [-0.05, 0) is 31.9 Å². The second-order valence-corrected chi connectivity index (χ2v) is 6.20. The Morgan fingerprint density at radius 3 is 2.29 bits per heavy atom. The van der Waals surface area contributed by atoms with Crippen molar-refractivity contribution in [1.82, 2.24) is 10.2 Å². The van der Waals surface area contributed by atoms with Gasteiger partial charge in [0, 0.05) is 19.1 Å². The number of hydrogen-bond acceptors (Lipinski definition) is 3. The van der Waals surface area contributed by atoms with E-state index in [-0.39, 0.29) is 30.3 Å². The molecule has 0 heterocycles. The van der Waals surface area contributed by atoms with Crippen LogP contribution in [0.25, 0.3) is 0 Å². The van der Waals surface area contributed by atoms with Gasteiger partial charge in [-0.25, -0.2) is 0 Å². The van der Waals surface area contributed by atoms with Crippen molar-refractivity contribution in [1.29, 1.82) is 0 Å². The van der Waals surface area contributed by atoms with Crippen LogP contribution in [0.1, 0.15) is 31.9 Å². The number of carbonyl (C=O) groups excluding carboxylic acids is 2. The van der Waals surface area contributed by atoms with E-state index in [2.05, 4.69) is 5.32 Å². The summed E-state index contributed by atoms with van der Waals surface area (Å²) in [5.74, 6) is -0.259. The van der Waals surface area contributed by atoms with Gasteiger partial charge < -0.3 is 16.0 Å². The molecule has 0 spiro atoms. The minimum absolute atomic E-state index is 0.0564. The van der Waals surface area contributed by atoms with Crippen LogP contribution >= 0.6 is 0 Å². The minimum Gasteiger partial charge on any atom is -0.350 e. The third-order valence-electron chi connectivity index (χ3n) is 3.00. The summed E-state index contributed by atoms with van der Waals surface area (Å²) in [5.41, 5.74) is 7.23. The summed E-state index contributed by atoms with van der Waals surface area (Å²) in [4.78, 5) is 25.4. The molecule has 2 amide bonds. The number of amides is 2. The average Bonchev–Trinajstić information content (AvgIpc) is 2.36. The molecular formula is C16H25N3O2. The van der Waals surface area contributed by atoms with Crippen molar-refractivity contribution in [3.05, 3.63) is 35.4 Å². The maximum absolute atomic E-state index is 12.2. The highest BCUT2D eigenvalue weighted by Gasteiger charge is 2.18. The van der Waals surface area contributed by atoms with Crippen molar-refractivity contribution in [2.75, 3.05) is 13.6 Å². The van der Waals surface area contributed by atoms with Crippen LogP contribution in [-0.4, -0.2) is 35.8 Å². The Balaban J connectivity index is 2.61. The number of likely N-dealkylation sites (N-methyl/N-ethyl adjacent to an activating group) is 1. The van der Waals surface area contributed by atoms with Crippen molar-refractivity contribution >= 4 is 11.8 Å². The summed E-state index contributed by atoms with van der Waals surface area (Å²) in [7, 11) is 1.63. The number of rotatable bonds is 5. The zero-order valence-corrected chi connectivity index (χ0v) is 13.3. The van der Waals surface area contributed by atoms with E-state index in [4.69, 9.17) is 5.73 Å². The molecule has 0 atom stereocenters. The van der Waals surface area contributed by atoms with Gasteiger partial charge in [-0.2, -0.15) is 0 Å². The molecule has 1 aromatic rings. The Hall–Kier alpha value is -1.88. The van der Waals surface area contributed by atoms with Crippen molar-refractivity contribution < 1.29 is 9.59 Å². The molecule has 0 aliphatic carbocycles. The Bertz CT molecular complexity index is 506. The molecule has 116 valence electrons. The smallest absolute Gasteiger partial charge is 0.240 e. The van der Waals surface area contributed by atoms with Crippen molar-refractivity contribution in [3.8, 4) is 0 Å². The maximum atomic E-state index is 12.2. The number of nitrogens with one attached hydrogen (secondary N) is 1. The highest BCUT2D eigenvalue weighted by atomic mass is 16.2. The molecular weight excluding hydrogens is 266 g/mol.